The number of carbonyl (C=O) groups is 2. The number of thioether (sulfide) groups is 1. The third-order valence-corrected chi connectivity index (χ3v) is 4.80. The standard InChI is InChI=1S/C19H17N3O3S/c1-12-18(22-16-5-3-2-4-15(16)21-12)26-11-17(23)20-10-13-6-8-14(9-7-13)19(24)25/h2-9H,10-11H2,1H3,(H,20,23)(H,24,25). The molecule has 1 aromatic heterocycles. The number of para-hydroxylation sites is 2. The zero-order valence-corrected chi connectivity index (χ0v) is 14.9. The van der Waals surface area contributed by atoms with Crippen molar-refractivity contribution in [3.05, 3.63) is 65.4 Å². The van der Waals surface area contributed by atoms with Crippen LogP contribution >= 0.6 is 11.8 Å². The van der Waals surface area contributed by atoms with E-state index in [4.69, 9.17) is 5.11 Å². The lowest BCUT2D eigenvalue weighted by Crippen LogP contribution is -2.24. The van der Waals surface area contributed by atoms with Crippen molar-refractivity contribution in [3.63, 3.8) is 0 Å². The highest BCUT2D eigenvalue weighted by Gasteiger charge is 2.09. The predicted octanol–water partition coefficient (Wildman–Crippen LogP) is 3.04. The molecule has 0 aliphatic heterocycles. The Morgan fingerprint density at radius 2 is 1.69 bits per heavy atom. The molecular weight excluding hydrogens is 350 g/mol. The van der Waals surface area contributed by atoms with Gasteiger partial charge in [0.15, 0.2) is 0 Å². The van der Waals surface area contributed by atoms with Crippen molar-refractivity contribution in [1.82, 2.24) is 15.3 Å². The van der Waals surface area contributed by atoms with Gasteiger partial charge in [-0.1, -0.05) is 36.0 Å². The summed E-state index contributed by atoms with van der Waals surface area (Å²) in [6.07, 6.45) is 0. The van der Waals surface area contributed by atoms with E-state index in [2.05, 4.69) is 15.3 Å². The third-order valence-electron chi connectivity index (χ3n) is 3.73. The number of hydrogen-bond acceptors (Lipinski definition) is 5. The number of aromatic nitrogens is 2. The molecule has 0 bridgehead atoms. The van der Waals surface area contributed by atoms with Crippen molar-refractivity contribution in [1.29, 1.82) is 0 Å². The van der Waals surface area contributed by atoms with Crippen molar-refractivity contribution < 1.29 is 14.7 Å². The lowest BCUT2D eigenvalue weighted by molar-refractivity contribution is -0.118. The average molecular weight is 367 g/mol. The second-order valence-electron chi connectivity index (χ2n) is 5.67. The van der Waals surface area contributed by atoms with Gasteiger partial charge in [-0.15, -0.1) is 0 Å². The number of aromatic carboxylic acids is 1. The van der Waals surface area contributed by atoms with E-state index in [0.29, 0.717) is 6.54 Å². The van der Waals surface area contributed by atoms with Gasteiger partial charge in [-0.2, -0.15) is 0 Å². The van der Waals surface area contributed by atoms with Crippen molar-refractivity contribution in [2.24, 2.45) is 0 Å². The fourth-order valence-electron chi connectivity index (χ4n) is 2.36. The largest absolute Gasteiger partial charge is 0.478 e. The molecule has 0 spiro atoms. The Labute approximate surface area is 154 Å². The second-order valence-corrected chi connectivity index (χ2v) is 6.63. The van der Waals surface area contributed by atoms with Crippen LogP contribution in [0.2, 0.25) is 0 Å². The summed E-state index contributed by atoms with van der Waals surface area (Å²) in [7, 11) is 0. The number of nitrogens with one attached hydrogen (secondary N) is 1. The maximum absolute atomic E-state index is 12.1. The van der Waals surface area contributed by atoms with E-state index < -0.39 is 5.97 Å². The first-order chi connectivity index (χ1) is 12.5. The summed E-state index contributed by atoms with van der Waals surface area (Å²) in [5.41, 5.74) is 3.50. The molecule has 3 rings (SSSR count). The Morgan fingerprint density at radius 3 is 2.35 bits per heavy atom. The van der Waals surface area contributed by atoms with E-state index in [-0.39, 0.29) is 17.2 Å². The number of nitrogens with zero attached hydrogens (tertiary/aromatic N) is 2. The van der Waals surface area contributed by atoms with Crippen molar-refractivity contribution in [2.45, 2.75) is 18.5 Å². The van der Waals surface area contributed by atoms with E-state index in [1.165, 1.54) is 23.9 Å². The first kappa shape index (κ1) is 17.9. The first-order valence-electron chi connectivity index (χ1n) is 7.98. The predicted molar refractivity (Wildman–Crippen MR) is 100 cm³/mol. The number of carboxylic acids is 1. The molecule has 0 saturated carbocycles. The van der Waals surface area contributed by atoms with Gasteiger partial charge in [-0.3, -0.25) is 4.79 Å². The van der Waals surface area contributed by atoms with Gasteiger partial charge in [-0.05, 0) is 36.8 Å². The minimum absolute atomic E-state index is 0.119. The first-order valence-corrected chi connectivity index (χ1v) is 8.96. The number of rotatable bonds is 6. The van der Waals surface area contributed by atoms with Crippen LogP contribution in [0, 0.1) is 6.92 Å². The molecule has 132 valence electrons. The summed E-state index contributed by atoms with van der Waals surface area (Å²) in [6, 6.07) is 14.0. The molecular formula is C19H17N3O3S. The topological polar surface area (TPSA) is 92.2 Å². The fraction of sp³-hybridized carbons (Fsp3) is 0.158. The van der Waals surface area contributed by atoms with Crippen LogP contribution in [-0.2, 0) is 11.3 Å². The summed E-state index contributed by atoms with van der Waals surface area (Å²) in [5, 5.41) is 12.4. The van der Waals surface area contributed by atoms with Gasteiger partial charge in [0.25, 0.3) is 0 Å². The fourth-order valence-corrected chi connectivity index (χ4v) is 3.15. The van der Waals surface area contributed by atoms with Crippen molar-refractivity contribution >= 4 is 34.7 Å². The van der Waals surface area contributed by atoms with Crippen LogP contribution in [-0.4, -0.2) is 32.7 Å². The van der Waals surface area contributed by atoms with Gasteiger partial charge < -0.3 is 10.4 Å². The number of benzene rings is 2. The summed E-state index contributed by atoms with van der Waals surface area (Å²) < 4.78 is 0. The monoisotopic (exact) mass is 367 g/mol. The SMILES string of the molecule is Cc1nc2ccccc2nc1SCC(=O)NCc1ccc(C(=O)O)cc1. The number of hydrogen-bond donors (Lipinski definition) is 2. The summed E-state index contributed by atoms with van der Waals surface area (Å²) in [5.74, 6) is -0.850. The molecule has 2 N–H and O–H groups in total. The summed E-state index contributed by atoms with van der Waals surface area (Å²) >= 11 is 1.35. The maximum atomic E-state index is 12.1. The Bertz CT molecular complexity index is 958. The van der Waals surface area contributed by atoms with Crippen molar-refractivity contribution in [2.75, 3.05) is 5.75 Å². The van der Waals surface area contributed by atoms with Crippen LogP contribution < -0.4 is 5.32 Å². The second kappa shape index (κ2) is 7.97. The number of amides is 1. The smallest absolute Gasteiger partial charge is 0.335 e. The molecule has 2 aromatic carbocycles. The van der Waals surface area contributed by atoms with Crippen LogP contribution in [0.3, 0.4) is 0 Å². The Kier molecular flexibility index (Phi) is 5.48. The lowest BCUT2D eigenvalue weighted by Gasteiger charge is -2.07. The summed E-state index contributed by atoms with van der Waals surface area (Å²) in [4.78, 5) is 32.0. The van der Waals surface area contributed by atoms with E-state index in [1.54, 1.807) is 12.1 Å². The van der Waals surface area contributed by atoms with Gasteiger partial charge in [0, 0.05) is 6.54 Å². The van der Waals surface area contributed by atoms with Crippen LogP contribution in [0.5, 0.6) is 0 Å². The van der Waals surface area contributed by atoms with Crippen LogP contribution in [0.25, 0.3) is 11.0 Å². The van der Waals surface area contributed by atoms with E-state index in [1.807, 2.05) is 31.2 Å². The third kappa shape index (κ3) is 4.37. The van der Waals surface area contributed by atoms with Gasteiger partial charge >= 0.3 is 5.97 Å². The summed E-state index contributed by atoms with van der Waals surface area (Å²) in [6.45, 7) is 2.23. The van der Waals surface area contributed by atoms with Crippen LogP contribution in [0.4, 0.5) is 0 Å². The van der Waals surface area contributed by atoms with Crippen LogP contribution in [0.15, 0.2) is 53.6 Å². The van der Waals surface area contributed by atoms with Gasteiger partial charge in [0.1, 0.15) is 5.03 Å². The average Bonchev–Trinajstić information content (AvgIpc) is 2.65. The highest BCUT2D eigenvalue weighted by atomic mass is 32.2. The molecule has 0 fully saturated rings. The molecule has 0 unspecified atom stereocenters. The molecule has 7 heteroatoms. The quantitative estimate of drug-likeness (QED) is 0.651. The van der Waals surface area contributed by atoms with E-state index in [9.17, 15) is 9.59 Å². The minimum Gasteiger partial charge on any atom is -0.478 e. The lowest BCUT2D eigenvalue weighted by atomic mass is 10.1. The Balaban J connectivity index is 1.55. The number of aryl methyl sites for hydroxylation is 1. The molecule has 1 amide bonds. The maximum Gasteiger partial charge on any atom is 0.335 e. The van der Waals surface area contributed by atoms with E-state index in [0.717, 1.165) is 27.3 Å². The zero-order chi connectivity index (χ0) is 18.5. The molecule has 0 aliphatic carbocycles. The Morgan fingerprint density at radius 1 is 1.04 bits per heavy atom. The molecule has 6 nitrogen and oxygen atoms in total. The highest BCUT2D eigenvalue weighted by molar-refractivity contribution is 7.99. The van der Waals surface area contributed by atoms with Gasteiger partial charge in [0.05, 0.1) is 28.0 Å². The minimum atomic E-state index is -0.969. The molecule has 0 atom stereocenters. The van der Waals surface area contributed by atoms with Gasteiger partial charge in [0.2, 0.25) is 5.91 Å². The van der Waals surface area contributed by atoms with E-state index >= 15 is 0 Å². The number of carboxylic acid groups (broad SMARTS) is 1. The highest BCUT2D eigenvalue weighted by Crippen LogP contribution is 2.21. The number of fused-ring (bicyclic) bond motifs is 1. The normalized spacial score (nSPS) is 10.7. The molecule has 0 radical (unpaired) electrons. The molecule has 26 heavy (non-hydrogen) atoms. The van der Waals surface area contributed by atoms with Crippen molar-refractivity contribution in [3.8, 4) is 0 Å². The van der Waals surface area contributed by atoms with Gasteiger partial charge in [-0.25, -0.2) is 14.8 Å². The number of carbonyl (C=O) groups excluding carboxylic acids is 1. The molecule has 0 saturated heterocycles. The molecule has 0 aliphatic rings. The Hall–Kier alpha value is -2.93. The zero-order valence-electron chi connectivity index (χ0n) is 14.1. The molecule has 1 heterocycles. The van der Waals surface area contributed by atoms with Crippen LogP contribution in [0.1, 0.15) is 21.6 Å². The molecule has 3 aromatic rings.